The highest BCUT2D eigenvalue weighted by atomic mass is 16.5. The minimum absolute atomic E-state index is 0.294. The van der Waals surface area contributed by atoms with Gasteiger partial charge in [-0.2, -0.15) is 0 Å². The number of ether oxygens (including phenoxy) is 1. The summed E-state index contributed by atoms with van der Waals surface area (Å²) in [7, 11) is 1.56. The van der Waals surface area contributed by atoms with Crippen LogP contribution in [-0.2, 0) is 14.3 Å². The summed E-state index contributed by atoms with van der Waals surface area (Å²) in [5, 5.41) is 0. The van der Waals surface area contributed by atoms with E-state index in [0.29, 0.717) is 6.61 Å². The van der Waals surface area contributed by atoms with Gasteiger partial charge in [-0.25, -0.2) is 4.79 Å². The van der Waals surface area contributed by atoms with Crippen LogP contribution in [0.25, 0.3) is 0 Å². The molecule has 1 amide bonds. The van der Waals surface area contributed by atoms with Gasteiger partial charge in [-0.3, -0.25) is 4.79 Å². The maximum absolute atomic E-state index is 11.8. The highest BCUT2D eigenvalue weighted by Crippen LogP contribution is 2.15. The monoisotopic (exact) mass is 227 g/mol. The van der Waals surface area contributed by atoms with Gasteiger partial charge in [0.15, 0.2) is 0 Å². The first-order valence-corrected chi connectivity index (χ1v) is 5.45. The van der Waals surface area contributed by atoms with E-state index in [-0.39, 0.29) is 5.91 Å². The van der Waals surface area contributed by atoms with Gasteiger partial charge in [-0.05, 0) is 26.3 Å². The molecule has 0 aliphatic rings. The van der Waals surface area contributed by atoms with Crippen LogP contribution in [0, 0.1) is 0 Å². The number of likely N-dealkylation sites (N-methyl/N-ethyl adjacent to an activating group) is 1. The van der Waals surface area contributed by atoms with Crippen LogP contribution in [0.2, 0.25) is 0 Å². The van der Waals surface area contributed by atoms with E-state index in [2.05, 4.69) is 6.58 Å². The topological polar surface area (TPSA) is 46.6 Å². The number of carbonyl (C=O) groups is 2. The van der Waals surface area contributed by atoms with Gasteiger partial charge in [-0.1, -0.05) is 19.9 Å². The van der Waals surface area contributed by atoms with Crippen molar-refractivity contribution in [1.82, 2.24) is 4.90 Å². The van der Waals surface area contributed by atoms with E-state index in [1.807, 2.05) is 6.92 Å². The SMILES string of the molecule is C=CC(=O)N(C)C(C)(C)C(=O)OCCCC. The molecule has 92 valence electrons. The number of hydrogen-bond acceptors (Lipinski definition) is 3. The van der Waals surface area contributed by atoms with Gasteiger partial charge >= 0.3 is 5.97 Å². The summed E-state index contributed by atoms with van der Waals surface area (Å²) in [4.78, 5) is 24.5. The molecule has 0 atom stereocenters. The molecule has 0 unspecified atom stereocenters. The van der Waals surface area contributed by atoms with Crippen LogP contribution in [0.1, 0.15) is 33.6 Å². The van der Waals surface area contributed by atoms with Crippen LogP contribution in [0.3, 0.4) is 0 Å². The van der Waals surface area contributed by atoms with E-state index >= 15 is 0 Å². The van der Waals surface area contributed by atoms with Crippen molar-refractivity contribution in [3.8, 4) is 0 Å². The smallest absolute Gasteiger partial charge is 0.331 e. The molecule has 0 bridgehead atoms. The first-order valence-electron chi connectivity index (χ1n) is 5.45. The van der Waals surface area contributed by atoms with E-state index < -0.39 is 11.5 Å². The molecule has 0 spiro atoms. The number of amides is 1. The fraction of sp³-hybridized carbons (Fsp3) is 0.667. The highest BCUT2D eigenvalue weighted by Gasteiger charge is 2.35. The van der Waals surface area contributed by atoms with Crippen LogP contribution in [0.5, 0.6) is 0 Å². The van der Waals surface area contributed by atoms with Crippen molar-refractivity contribution in [2.75, 3.05) is 13.7 Å². The van der Waals surface area contributed by atoms with Crippen molar-refractivity contribution in [2.45, 2.75) is 39.2 Å². The lowest BCUT2D eigenvalue weighted by Crippen LogP contribution is -2.51. The van der Waals surface area contributed by atoms with E-state index in [1.165, 1.54) is 11.0 Å². The second-order valence-corrected chi connectivity index (χ2v) is 4.15. The number of rotatable bonds is 6. The molecular formula is C12H21NO3. The van der Waals surface area contributed by atoms with Gasteiger partial charge in [0.25, 0.3) is 0 Å². The molecule has 0 aromatic rings. The fourth-order valence-electron chi connectivity index (χ4n) is 1.04. The van der Waals surface area contributed by atoms with Crippen LogP contribution in [-0.4, -0.2) is 36.0 Å². The van der Waals surface area contributed by atoms with Gasteiger partial charge in [0, 0.05) is 7.05 Å². The third-order valence-electron chi connectivity index (χ3n) is 2.57. The lowest BCUT2D eigenvalue weighted by atomic mass is 10.0. The minimum Gasteiger partial charge on any atom is -0.464 e. The zero-order valence-corrected chi connectivity index (χ0v) is 10.6. The number of unbranched alkanes of at least 4 members (excludes halogenated alkanes) is 1. The number of carbonyl (C=O) groups excluding carboxylic acids is 2. The third kappa shape index (κ3) is 3.68. The van der Waals surface area contributed by atoms with Crippen molar-refractivity contribution in [3.05, 3.63) is 12.7 Å². The van der Waals surface area contributed by atoms with Gasteiger partial charge in [-0.15, -0.1) is 0 Å². The summed E-state index contributed by atoms with van der Waals surface area (Å²) in [5.74, 6) is -0.684. The predicted octanol–water partition coefficient (Wildman–Crippen LogP) is 1.75. The molecule has 0 rings (SSSR count). The molecule has 0 radical (unpaired) electrons. The average molecular weight is 227 g/mol. The van der Waals surface area contributed by atoms with Crippen molar-refractivity contribution >= 4 is 11.9 Å². The Morgan fingerprint density at radius 1 is 1.44 bits per heavy atom. The molecule has 0 aliphatic carbocycles. The van der Waals surface area contributed by atoms with Gasteiger partial charge in [0.05, 0.1) is 6.61 Å². The fourth-order valence-corrected chi connectivity index (χ4v) is 1.04. The summed E-state index contributed by atoms with van der Waals surface area (Å²) >= 11 is 0. The van der Waals surface area contributed by atoms with Crippen LogP contribution < -0.4 is 0 Å². The molecule has 0 saturated heterocycles. The molecule has 0 N–H and O–H groups in total. The molecule has 16 heavy (non-hydrogen) atoms. The quantitative estimate of drug-likeness (QED) is 0.394. The zero-order valence-electron chi connectivity index (χ0n) is 10.6. The van der Waals surface area contributed by atoms with E-state index in [4.69, 9.17) is 4.74 Å². The third-order valence-corrected chi connectivity index (χ3v) is 2.57. The summed E-state index contributed by atoms with van der Waals surface area (Å²) in [6.07, 6.45) is 2.98. The number of hydrogen-bond donors (Lipinski definition) is 0. The van der Waals surface area contributed by atoms with E-state index in [0.717, 1.165) is 12.8 Å². The maximum Gasteiger partial charge on any atom is 0.331 e. The Kier molecular flexibility index (Phi) is 5.78. The summed E-state index contributed by atoms with van der Waals surface area (Å²) in [6, 6.07) is 0. The Balaban J connectivity index is 4.45. The molecule has 0 aliphatic heterocycles. The second kappa shape index (κ2) is 6.30. The van der Waals surface area contributed by atoms with Gasteiger partial charge in [0.2, 0.25) is 5.91 Å². The van der Waals surface area contributed by atoms with Crippen LogP contribution in [0.15, 0.2) is 12.7 Å². The summed E-state index contributed by atoms with van der Waals surface area (Å²) in [5.41, 5.74) is -0.959. The molecule has 0 aromatic heterocycles. The van der Waals surface area contributed by atoms with Crippen LogP contribution >= 0.6 is 0 Å². The standard InChI is InChI=1S/C12H21NO3/c1-6-8-9-16-11(15)12(3,4)13(5)10(14)7-2/h7H,2,6,8-9H2,1,3-5H3. The highest BCUT2D eigenvalue weighted by molar-refractivity contribution is 5.92. The van der Waals surface area contributed by atoms with Gasteiger partial charge < -0.3 is 9.64 Å². The lowest BCUT2D eigenvalue weighted by Gasteiger charge is -2.32. The molecule has 0 fully saturated rings. The molecule has 4 heteroatoms. The predicted molar refractivity (Wildman–Crippen MR) is 62.9 cm³/mol. The number of nitrogens with zero attached hydrogens (tertiary/aromatic N) is 1. The Bertz CT molecular complexity index is 271. The van der Waals surface area contributed by atoms with E-state index in [9.17, 15) is 9.59 Å². The summed E-state index contributed by atoms with van der Waals surface area (Å²) in [6.45, 7) is 9.12. The molecule has 0 aromatic carbocycles. The van der Waals surface area contributed by atoms with Crippen molar-refractivity contribution < 1.29 is 14.3 Å². The molecule has 4 nitrogen and oxygen atoms in total. The van der Waals surface area contributed by atoms with Crippen molar-refractivity contribution in [3.63, 3.8) is 0 Å². The van der Waals surface area contributed by atoms with Crippen molar-refractivity contribution in [1.29, 1.82) is 0 Å². The Labute approximate surface area is 97.3 Å². The minimum atomic E-state index is -0.959. The normalized spacial score (nSPS) is 10.8. The molecule has 0 saturated carbocycles. The second-order valence-electron chi connectivity index (χ2n) is 4.15. The first-order chi connectivity index (χ1) is 7.37. The summed E-state index contributed by atoms with van der Waals surface area (Å²) < 4.78 is 5.10. The first kappa shape index (κ1) is 14.7. The Hall–Kier alpha value is -1.32. The molecular weight excluding hydrogens is 206 g/mol. The average Bonchev–Trinajstić information content (AvgIpc) is 2.26. The van der Waals surface area contributed by atoms with E-state index in [1.54, 1.807) is 20.9 Å². The van der Waals surface area contributed by atoms with Gasteiger partial charge in [0.1, 0.15) is 5.54 Å². The number of esters is 1. The van der Waals surface area contributed by atoms with Crippen LogP contribution in [0.4, 0.5) is 0 Å². The Morgan fingerprint density at radius 3 is 2.44 bits per heavy atom. The molecule has 0 heterocycles. The largest absolute Gasteiger partial charge is 0.464 e. The maximum atomic E-state index is 11.8. The lowest BCUT2D eigenvalue weighted by molar-refractivity contribution is -0.159. The Morgan fingerprint density at radius 2 is 2.00 bits per heavy atom. The zero-order chi connectivity index (χ0) is 12.8. The van der Waals surface area contributed by atoms with Crippen molar-refractivity contribution in [2.24, 2.45) is 0 Å².